The number of amides is 1. The van der Waals surface area contributed by atoms with Gasteiger partial charge in [-0.3, -0.25) is 4.79 Å². The highest BCUT2D eigenvalue weighted by molar-refractivity contribution is 5.94. The van der Waals surface area contributed by atoms with Gasteiger partial charge in [0.1, 0.15) is 11.6 Å². The molecule has 5 heteroatoms. The van der Waals surface area contributed by atoms with Crippen molar-refractivity contribution in [1.82, 2.24) is 15.3 Å². The Kier molecular flexibility index (Phi) is 4.47. The molecule has 2 aromatic carbocycles. The molecule has 116 valence electrons. The fourth-order valence-electron chi connectivity index (χ4n) is 2.42. The minimum atomic E-state index is -0.533. The van der Waals surface area contributed by atoms with Crippen molar-refractivity contribution in [3.05, 3.63) is 89.8 Å². The number of benzene rings is 2. The van der Waals surface area contributed by atoms with E-state index in [1.807, 2.05) is 30.3 Å². The van der Waals surface area contributed by atoms with E-state index in [-0.39, 0.29) is 11.6 Å². The number of nitrogens with zero attached hydrogens (tertiary/aromatic N) is 1. The molecule has 3 aromatic rings. The van der Waals surface area contributed by atoms with E-state index in [4.69, 9.17) is 0 Å². The monoisotopic (exact) mass is 309 g/mol. The number of H-pyrrole nitrogens is 1. The summed E-state index contributed by atoms with van der Waals surface area (Å²) >= 11 is 0. The molecular formula is C18H16FN3O. The number of carbonyl (C=O) groups is 1. The Morgan fingerprint density at radius 1 is 1.13 bits per heavy atom. The Balaban J connectivity index is 1.84. The Morgan fingerprint density at radius 2 is 1.87 bits per heavy atom. The van der Waals surface area contributed by atoms with Crippen LogP contribution in [-0.4, -0.2) is 15.9 Å². The first kappa shape index (κ1) is 15.0. The maximum Gasteiger partial charge on any atom is 0.254 e. The number of hydrogen-bond donors (Lipinski definition) is 2. The normalized spacial score (nSPS) is 11.9. The molecule has 4 nitrogen and oxygen atoms in total. The van der Waals surface area contributed by atoms with Gasteiger partial charge in [0.2, 0.25) is 0 Å². The van der Waals surface area contributed by atoms with Gasteiger partial charge in [-0.15, -0.1) is 0 Å². The van der Waals surface area contributed by atoms with E-state index in [2.05, 4.69) is 15.3 Å². The maximum absolute atomic E-state index is 13.8. The fraction of sp³-hybridized carbons (Fsp3) is 0.111. The zero-order valence-corrected chi connectivity index (χ0v) is 12.4. The van der Waals surface area contributed by atoms with Gasteiger partial charge in [-0.25, -0.2) is 9.37 Å². The summed E-state index contributed by atoms with van der Waals surface area (Å²) in [4.78, 5) is 19.6. The van der Waals surface area contributed by atoms with Gasteiger partial charge in [0.15, 0.2) is 0 Å². The van der Waals surface area contributed by atoms with Crippen LogP contribution in [0.25, 0.3) is 0 Å². The molecule has 3 rings (SSSR count). The van der Waals surface area contributed by atoms with Gasteiger partial charge in [-0.05, 0) is 17.7 Å². The highest BCUT2D eigenvalue weighted by Crippen LogP contribution is 2.18. The van der Waals surface area contributed by atoms with Crippen molar-refractivity contribution in [2.45, 2.75) is 12.5 Å². The molecule has 0 radical (unpaired) electrons. The van der Waals surface area contributed by atoms with Crippen LogP contribution in [0, 0.1) is 5.82 Å². The van der Waals surface area contributed by atoms with Crippen LogP contribution in [0.3, 0.4) is 0 Å². The lowest BCUT2D eigenvalue weighted by Crippen LogP contribution is -2.30. The standard InChI is InChI=1S/C18H16FN3O/c19-15-9-5-4-8-14(15)18(23)22-16(12-17-20-10-11-21-17)13-6-2-1-3-7-13/h1-11,16H,12H2,(H,20,21)(H,22,23). The highest BCUT2D eigenvalue weighted by Gasteiger charge is 2.19. The Labute approximate surface area is 133 Å². The Bertz CT molecular complexity index is 772. The van der Waals surface area contributed by atoms with E-state index in [0.29, 0.717) is 6.42 Å². The van der Waals surface area contributed by atoms with Crippen molar-refractivity contribution in [2.75, 3.05) is 0 Å². The van der Waals surface area contributed by atoms with Crippen molar-refractivity contribution in [3.63, 3.8) is 0 Å². The van der Waals surface area contributed by atoms with E-state index in [1.54, 1.807) is 24.5 Å². The van der Waals surface area contributed by atoms with Crippen molar-refractivity contribution in [3.8, 4) is 0 Å². The fourth-order valence-corrected chi connectivity index (χ4v) is 2.42. The SMILES string of the molecule is O=C(NC(Cc1ncc[nH]1)c1ccccc1)c1ccccc1F. The molecule has 23 heavy (non-hydrogen) atoms. The van der Waals surface area contributed by atoms with E-state index >= 15 is 0 Å². The summed E-state index contributed by atoms with van der Waals surface area (Å²) in [5.41, 5.74) is 0.974. The minimum Gasteiger partial charge on any atom is -0.349 e. The van der Waals surface area contributed by atoms with Crippen LogP contribution >= 0.6 is 0 Å². The van der Waals surface area contributed by atoms with Crippen molar-refractivity contribution >= 4 is 5.91 Å². The lowest BCUT2D eigenvalue weighted by Gasteiger charge is -2.18. The predicted molar refractivity (Wildman–Crippen MR) is 85.3 cm³/mol. The highest BCUT2D eigenvalue weighted by atomic mass is 19.1. The van der Waals surface area contributed by atoms with Gasteiger partial charge in [-0.1, -0.05) is 42.5 Å². The Hall–Kier alpha value is -2.95. The number of aromatic nitrogens is 2. The number of hydrogen-bond acceptors (Lipinski definition) is 2. The third-order valence-corrected chi connectivity index (χ3v) is 3.58. The van der Waals surface area contributed by atoms with Crippen LogP contribution in [0.4, 0.5) is 4.39 Å². The van der Waals surface area contributed by atoms with E-state index < -0.39 is 11.7 Å². The maximum atomic E-state index is 13.8. The molecule has 0 bridgehead atoms. The van der Waals surface area contributed by atoms with Gasteiger partial charge >= 0.3 is 0 Å². The van der Waals surface area contributed by atoms with Crippen LogP contribution in [0.2, 0.25) is 0 Å². The molecule has 0 aliphatic heterocycles. The first-order valence-corrected chi connectivity index (χ1v) is 7.32. The number of carbonyl (C=O) groups excluding carboxylic acids is 1. The molecule has 0 aliphatic rings. The first-order chi connectivity index (χ1) is 11.2. The average Bonchev–Trinajstić information content (AvgIpc) is 3.08. The number of rotatable bonds is 5. The largest absolute Gasteiger partial charge is 0.349 e. The number of halogens is 1. The average molecular weight is 309 g/mol. The molecule has 0 saturated carbocycles. The predicted octanol–water partition coefficient (Wildman–Crippen LogP) is 3.26. The summed E-state index contributed by atoms with van der Waals surface area (Å²) in [5.74, 6) is -0.217. The molecule has 0 spiro atoms. The zero-order valence-electron chi connectivity index (χ0n) is 12.4. The lowest BCUT2D eigenvalue weighted by molar-refractivity contribution is 0.0932. The summed E-state index contributed by atoms with van der Waals surface area (Å²) in [6.07, 6.45) is 3.89. The van der Waals surface area contributed by atoms with Crippen LogP contribution in [0.1, 0.15) is 27.8 Å². The van der Waals surface area contributed by atoms with Crippen molar-refractivity contribution in [2.24, 2.45) is 0 Å². The van der Waals surface area contributed by atoms with Crippen LogP contribution in [0.5, 0.6) is 0 Å². The summed E-state index contributed by atoms with van der Waals surface area (Å²) in [6.45, 7) is 0. The first-order valence-electron chi connectivity index (χ1n) is 7.32. The van der Waals surface area contributed by atoms with E-state index in [1.165, 1.54) is 12.1 Å². The third kappa shape index (κ3) is 3.63. The van der Waals surface area contributed by atoms with Crippen LogP contribution in [0.15, 0.2) is 67.0 Å². The zero-order chi connectivity index (χ0) is 16.1. The molecule has 1 aromatic heterocycles. The van der Waals surface area contributed by atoms with E-state index in [9.17, 15) is 9.18 Å². The third-order valence-electron chi connectivity index (χ3n) is 3.58. The molecule has 0 fully saturated rings. The second kappa shape index (κ2) is 6.87. The smallest absolute Gasteiger partial charge is 0.254 e. The molecule has 1 heterocycles. The van der Waals surface area contributed by atoms with Gasteiger partial charge < -0.3 is 10.3 Å². The number of nitrogens with one attached hydrogen (secondary N) is 2. The quantitative estimate of drug-likeness (QED) is 0.760. The van der Waals surface area contributed by atoms with Crippen molar-refractivity contribution in [1.29, 1.82) is 0 Å². The van der Waals surface area contributed by atoms with Gasteiger partial charge in [0.25, 0.3) is 5.91 Å². The van der Waals surface area contributed by atoms with Gasteiger partial charge in [0, 0.05) is 18.8 Å². The van der Waals surface area contributed by atoms with Crippen LogP contribution < -0.4 is 5.32 Å². The minimum absolute atomic E-state index is 0.0351. The molecule has 0 saturated heterocycles. The topological polar surface area (TPSA) is 57.8 Å². The lowest BCUT2D eigenvalue weighted by atomic mass is 10.0. The van der Waals surface area contributed by atoms with Crippen LogP contribution in [-0.2, 0) is 6.42 Å². The second-order valence-corrected chi connectivity index (χ2v) is 5.16. The Morgan fingerprint density at radius 3 is 2.57 bits per heavy atom. The second-order valence-electron chi connectivity index (χ2n) is 5.16. The van der Waals surface area contributed by atoms with E-state index in [0.717, 1.165) is 11.4 Å². The molecule has 1 amide bonds. The number of aromatic amines is 1. The summed E-state index contributed by atoms with van der Waals surface area (Å²) in [6, 6.07) is 15.2. The van der Waals surface area contributed by atoms with Crippen molar-refractivity contribution < 1.29 is 9.18 Å². The van der Waals surface area contributed by atoms with Gasteiger partial charge in [-0.2, -0.15) is 0 Å². The summed E-state index contributed by atoms with van der Waals surface area (Å²) in [5, 5.41) is 2.89. The number of imidazole rings is 1. The molecule has 2 N–H and O–H groups in total. The molecule has 1 unspecified atom stereocenters. The molecule has 1 atom stereocenters. The summed E-state index contributed by atoms with van der Waals surface area (Å²) in [7, 11) is 0. The molecular weight excluding hydrogens is 293 g/mol. The summed E-state index contributed by atoms with van der Waals surface area (Å²) < 4.78 is 13.8. The molecule has 0 aliphatic carbocycles. The van der Waals surface area contributed by atoms with Gasteiger partial charge in [0.05, 0.1) is 11.6 Å².